The van der Waals surface area contributed by atoms with E-state index in [4.69, 9.17) is 11.6 Å². The molecule has 1 unspecified atom stereocenters. The zero-order chi connectivity index (χ0) is 14.7. The largest absolute Gasteiger partial charge is 0.377 e. The van der Waals surface area contributed by atoms with Gasteiger partial charge in [0.1, 0.15) is 6.07 Å². The standard InChI is InChI=1S/C17H16ClN3/c18-14-6-5-12(10-19)17(9-14)21-16-7-8-20-11-13-3-1-2-4-15(13)16/h1-6,9,16,20-21H,7-8,11H2. The first-order valence-electron chi connectivity index (χ1n) is 7.02. The minimum Gasteiger partial charge on any atom is -0.377 e. The summed E-state index contributed by atoms with van der Waals surface area (Å²) in [6, 6.07) is 16.1. The van der Waals surface area contributed by atoms with Crippen LogP contribution in [-0.2, 0) is 6.54 Å². The molecule has 1 aliphatic rings. The maximum atomic E-state index is 9.24. The molecular weight excluding hydrogens is 282 g/mol. The molecule has 0 radical (unpaired) electrons. The first-order chi connectivity index (χ1) is 10.3. The van der Waals surface area contributed by atoms with Crippen molar-refractivity contribution in [3.63, 3.8) is 0 Å². The maximum absolute atomic E-state index is 9.24. The van der Waals surface area contributed by atoms with Crippen molar-refractivity contribution >= 4 is 17.3 Å². The van der Waals surface area contributed by atoms with Crippen LogP contribution in [-0.4, -0.2) is 6.54 Å². The number of nitrogens with zero attached hydrogens (tertiary/aromatic N) is 1. The molecule has 0 saturated heterocycles. The van der Waals surface area contributed by atoms with Gasteiger partial charge in [-0.25, -0.2) is 0 Å². The van der Waals surface area contributed by atoms with Crippen LogP contribution in [0.1, 0.15) is 29.2 Å². The summed E-state index contributed by atoms with van der Waals surface area (Å²) in [5.41, 5.74) is 4.00. The van der Waals surface area contributed by atoms with E-state index >= 15 is 0 Å². The zero-order valence-electron chi connectivity index (χ0n) is 11.6. The summed E-state index contributed by atoms with van der Waals surface area (Å²) in [5, 5.41) is 16.8. The van der Waals surface area contributed by atoms with Gasteiger partial charge >= 0.3 is 0 Å². The van der Waals surface area contributed by atoms with Gasteiger partial charge in [-0.05, 0) is 42.3 Å². The minimum absolute atomic E-state index is 0.182. The number of fused-ring (bicyclic) bond motifs is 1. The summed E-state index contributed by atoms with van der Waals surface area (Å²) in [5.74, 6) is 0. The molecule has 4 heteroatoms. The van der Waals surface area contributed by atoms with E-state index in [9.17, 15) is 5.26 Å². The number of benzene rings is 2. The van der Waals surface area contributed by atoms with E-state index in [0.29, 0.717) is 10.6 Å². The predicted molar refractivity (Wildman–Crippen MR) is 85.3 cm³/mol. The van der Waals surface area contributed by atoms with Gasteiger partial charge in [0.15, 0.2) is 0 Å². The summed E-state index contributed by atoms with van der Waals surface area (Å²) in [7, 11) is 0. The van der Waals surface area contributed by atoms with Gasteiger partial charge in [0.2, 0.25) is 0 Å². The van der Waals surface area contributed by atoms with Crippen LogP contribution in [0.3, 0.4) is 0 Å². The monoisotopic (exact) mass is 297 g/mol. The van der Waals surface area contributed by atoms with Gasteiger partial charge in [0, 0.05) is 11.6 Å². The van der Waals surface area contributed by atoms with Crippen molar-refractivity contribution in [3.05, 3.63) is 64.2 Å². The molecule has 1 atom stereocenters. The molecule has 2 aromatic rings. The molecule has 0 fully saturated rings. The minimum atomic E-state index is 0.182. The third-order valence-electron chi connectivity index (χ3n) is 3.79. The fourth-order valence-electron chi connectivity index (χ4n) is 2.73. The highest BCUT2D eigenvalue weighted by atomic mass is 35.5. The Bertz CT molecular complexity index is 691. The van der Waals surface area contributed by atoms with Crippen LogP contribution in [0, 0.1) is 11.3 Å². The summed E-state index contributed by atoms with van der Waals surface area (Å²) in [4.78, 5) is 0. The van der Waals surface area contributed by atoms with Crippen LogP contribution in [0.2, 0.25) is 5.02 Å². The van der Waals surface area contributed by atoms with Crippen molar-refractivity contribution in [3.8, 4) is 6.07 Å². The summed E-state index contributed by atoms with van der Waals surface area (Å²) in [6.45, 7) is 1.82. The average molecular weight is 298 g/mol. The van der Waals surface area contributed by atoms with Crippen LogP contribution in [0.25, 0.3) is 0 Å². The third-order valence-corrected chi connectivity index (χ3v) is 4.02. The Morgan fingerprint density at radius 2 is 2.10 bits per heavy atom. The van der Waals surface area contributed by atoms with Crippen molar-refractivity contribution in [1.29, 1.82) is 5.26 Å². The Morgan fingerprint density at radius 1 is 1.24 bits per heavy atom. The van der Waals surface area contributed by atoms with E-state index in [0.717, 1.165) is 25.2 Å². The Balaban J connectivity index is 1.95. The molecule has 106 valence electrons. The van der Waals surface area contributed by atoms with Gasteiger partial charge in [0.25, 0.3) is 0 Å². The van der Waals surface area contributed by atoms with E-state index in [-0.39, 0.29) is 6.04 Å². The number of nitriles is 1. The van der Waals surface area contributed by atoms with E-state index in [1.807, 2.05) is 6.07 Å². The second-order valence-electron chi connectivity index (χ2n) is 5.16. The summed E-state index contributed by atoms with van der Waals surface area (Å²) < 4.78 is 0. The van der Waals surface area contributed by atoms with E-state index < -0.39 is 0 Å². The van der Waals surface area contributed by atoms with E-state index in [1.54, 1.807) is 12.1 Å². The van der Waals surface area contributed by atoms with Crippen LogP contribution < -0.4 is 10.6 Å². The number of nitrogens with one attached hydrogen (secondary N) is 2. The summed E-state index contributed by atoms with van der Waals surface area (Å²) in [6.07, 6.45) is 0.967. The van der Waals surface area contributed by atoms with Crippen LogP contribution in [0.4, 0.5) is 5.69 Å². The fraction of sp³-hybridized carbons (Fsp3) is 0.235. The first kappa shape index (κ1) is 13.9. The molecule has 1 heterocycles. The van der Waals surface area contributed by atoms with Crippen molar-refractivity contribution in [2.45, 2.75) is 19.0 Å². The molecule has 2 N–H and O–H groups in total. The molecule has 3 nitrogen and oxygen atoms in total. The second kappa shape index (κ2) is 6.17. The summed E-state index contributed by atoms with van der Waals surface area (Å²) >= 11 is 6.06. The second-order valence-corrected chi connectivity index (χ2v) is 5.60. The molecule has 1 aliphatic heterocycles. The Morgan fingerprint density at radius 3 is 2.95 bits per heavy atom. The highest BCUT2D eigenvalue weighted by molar-refractivity contribution is 6.30. The van der Waals surface area contributed by atoms with E-state index in [1.165, 1.54) is 11.1 Å². The SMILES string of the molecule is N#Cc1ccc(Cl)cc1NC1CCNCc2ccccc21. The van der Waals surface area contributed by atoms with Gasteiger partial charge < -0.3 is 10.6 Å². The molecule has 0 aromatic heterocycles. The molecule has 2 aromatic carbocycles. The van der Waals surface area contributed by atoms with Crippen molar-refractivity contribution in [1.82, 2.24) is 5.32 Å². The zero-order valence-corrected chi connectivity index (χ0v) is 12.3. The van der Waals surface area contributed by atoms with Gasteiger partial charge in [-0.1, -0.05) is 35.9 Å². The van der Waals surface area contributed by atoms with Crippen LogP contribution in [0.15, 0.2) is 42.5 Å². The Hall–Kier alpha value is -2.02. The molecule has 0 bridgehead atoms. The fourth-order valence-corrected chi connectivity index (χ4v) is 2.90. The highest BCUT2D eigenvalue weighted by Crippen LogP contribution is 2.30. The predicted octanol–water partition coefficient (Wildman–Crippen LogP) is 3.86. The highest BCUT2D eigenvalue weighted by Gasteiger charge is 2.18. The number of hydrogen-bond donors (Lipinski definition) is 2. The van der Waals surface area contributed by atoms with Gasteiger partial charge in [-0.2, -0.15) is 5.26 Å². The van der Waals surface area contributed by atoms with Crippen molar-refractivity contribution in [2.75, 3.05) is 11.9 Å². The number of hydrogen-bond acceptors (Lipinski definition) is 3. The van der Waals surface area contributed by atoms with E-state index in [2.05, 4.69) is 41.0 Å². The van der Waals surface area contributed by atoms with Crippen molar-refractivity contribution in [2.24, 2.45) is 0 Å². The smallest absolute Gasteiger partial charge is 0.101 e. The number of anilines is 1. The first-order valence-corrected chi connectivity index (χ1v) is 7.40. The molecule has 0 spiro atoms. The van der Waals surface area contributed by atoms with Crippen LogP contribution in [0.5, 0.6) is 0 Å². The average Bonchev–Trinajstić information content (AvgIpc) is 2.70. The lowest BCUT2D eigenvalue weighted by molar-refractivity contribution is 0.637. The quantitative estimate of drug-likeness (QED) is 0.885. The molecule has 3 rings (SSSR count). The lowest BCUT2D eigenvalue weighted by Crippen LogP contribution is -2.15. The molecular formula is C17H16ClN3. The third kappa shape index (κ3) is 3.02. The lowest BCUT2D eigenvalue weighted by atomic mass is 9.98. The van der Waals surface area contributed by atoms with Crippen LogP contribution >= 0.6 is 11.6 Å². The molecule has 0 aliphatic carbocycles. The topological polar surface area (TPSA) is 47.9 Å². The maximum Gasteiger partial charge on any atom is 0.101 e. The molecule has 0 amide bonds. The molecule has 0 saturated carbocycles. The van der Waals surface area contributed by atoms with Gasteiger partial charge in [0.05, 0.1) is 17.3 Å². The lowest BCUT2D eigenvalue weighted by Gasteiger charge is -2.21. The van der Waals surface area contributed by atoms with Crippen molar-refractivity contribution < 1.29 is 0 Å². The van der Waals surface area contributed by atoms with Gasteiger partial charge in [-0.3, -0.25) is 0 Å². The van der Waals surface area contributed by atoms with Gasteiger partial charge in [-0.15, -0.1) is 0 Å². The number of rotatable bonds is 2. The Labute approximate surface area is 129 Å². The normalized spacial score (nSPS) is 17.4. The number of halogens is 1. The Kier molecular flexibility index (Phi) is 4.10. The molecule has 21 heavy (non-hydrogen) atoms.